The van der Waals surface area contributed by atoms with Gasteiger partial charge in [-0.3, -0.25) is 0 Å². The number of fused-ring (bicyclic) bond motifs is 1. The topological polar surface area (TPSA) is 40.5 Å². The average molecular weight is 413 g/mol. The molecular weight excluding hydrogens is 368 g/mol. The highest BCUT2D eigenvalue weighted by Gasteiger charge is 2.50. The van der Waals surface area contributed by atoms with Crippen molar-refractivity contribution in [3.63, 3.8) is 0 Å². The summed E-state index contributed by atoms with van der Waals surface area (Å²) in [7, 11) is 0. The second-order valence-corrected chi connectivity index (χ2v) is 11.0. The minimum Gasteiger partial charge on any atom is -0.393 e. The fraction of sp³-hybridized carbons (Fsp3) is 0.714. The van der Waals surface area contributed by atoms with Crippen LogP contribution in [0.1, 0.15) is 79.6 Å². The summed E-state index contributed by atoms with van der Waals surface area (Å²) < 4.78 is 0. The third-order valence-corrected chi connectivity index (χ3v) is 8.71. The van der Waals surface area contributed by atoms with E-state index in [-0.39, 0.29) is 0 Å². The molecule has 0 aromatic carbocycles. The number of aliphatic hydroxyl groups is 2. The minimum atomic E-state index is -0.605. The van der Waals surface area contributed by atoms with Gasteiger partial charge in [0.25, 0.3) is 0 Å². The van der Waals surface area contributed by atoms with Gasteiger partial charge in [0.1, 0.15) is 0 Å². The molecule has 0 bridgehead atoms. The fourth-order valence-electron chi connectivity index (χ4n) is 6.32. The van der Waals surface area contributed by atoms with Gasteiger partial charge in [0.05, 0.1) is 12.2 Å². The molecule has 7 atom stereocenters. The lowest BCUT2D eigenvalue weighted by Crippen LogP contribution is -2.35. The lowest BCUT2D eigenvalue weighted by molar-refractivity contribution is 0.0862. The smallest absolute Gasteiger partial charge is 0.0811 e. The Morgan fingerprint density at radius 2 is 1.80 bits per heavy atom. The molecule has 0 saturated heterocycles. The third kappa shape index (κ3) is 4.86. The Labute approximate surface area is 184 Å². The van der Waals surface area contributed by atoms with Crippen molar-refractivity contribution in [2.45, 2.75) is 91.8 Å². The molecule has 168 valence electrons. The van der Waals surface area contributed by atoms with Crippen molar-refractivity contribution in [2.75, 3.05) is 0 Å². The summed E-state index contributed by atoms with van der Waals surface area (Å²) >= 11 is 0. The van der Waals surface area contributed by atoms with E-state index in [1.807, 2.05) is 0 Å². The zero-order valence-corrected chi connectivity index (χ0v) is 19.9. The Morgan fingerprint density at radius 3 is 2.50 bits per heavy atom. The van der Waals surface area contributed by atoms with Crippen LogP contribution < -0.4 is 0 Å². The third-order valence-electron chi connectivity index (χ3n) is 8.71. The van der Waals surface area contributed by atoms with Crippen LogP contribution in [0.5, 0.6) is 0 Å². The van der Waals surface area contributed by atoms with Gasteiger partial charge in [-0.05, 0) is 84.7 Å². The van der Waals surface area contributed by atoms with Gasteiger partial charge in [-0.1, -0.05) is 71.1 Å². The monoisotopic (exact) mass is 412 g/mol. The van der Waals surface area contributed by atoms with Crippen LogP contribution in [-0.2, 0) is 0 Å². The second-order valence-electron chi connectivity index (χ2n) is 11.0. The fourth-order valence-corrected chi connectivity index (χ4v) is 6.32. The molecule has 30 heavy (non-hydrogen) atoms. The molecule has 0 spiro atoms. The first-order chi connectivity index (χ1) is 14.1. The predicted molar refractivity (Wildman–Crippen MR) is 127 cm³/mol. The molecule has 3 saturated carbocycles. The molecule has 2 nitrogen and oxygen atoms in total. The molecule has 3 aliphatic carbocycles. The van der Waals surface area contributed by atoms with E-state index in [0.29, 0.717) is 41.9 Å². The Kier molecular flexibility index (Phi) is 7.51. The summed E-state index contributed by atoms with van der Waals surface area (Å²) in [4.78, 5) is 0. The number of hydrogen-bond acceptors (Lipinski definition) is 2. The Bertz CT molecular complexity index is 712. The van der Waals surface area contributed by atoms with Gasteiger partial charge < -0.3 is 10.2 Å². The van der Waals surface area contributed by atoms with Gasteiger partial charge in [-0.15, -0.1) is 0 Å². The number of hydrogen-bond donors (Lipinski definition) is 2. The van der Waals surface area contributed by atoms with E-state index in [2.05, 4.69) is 65.5 Å². The van der Waals surface area contributed by atoms with Crippen LogP contribution in [0.4, 0.5) is 0 Å². The van der Waals surface area contributed by atoms with Crippen LogP contribution in [-0.4, -0.2) is 22.4 Å². The van der Waals surface area contributed by atoms with Crippen molar-refractivity contribution in [3.05, 3.63) is 47.6 Å². The van der Waals surface area contributed by atoms with E-state index in [1.54, 1.807) is 5.57 Å². The highest BCUT2D eigenvalue weighted by atomic mass is 16.3. The normalized spacial score (nSPS) is 39.8. The average Bonchev–Trinajstić information content (AvgIpc) is 3.04. The van der Waals surface area contributed by atoms with Gasteiger partial charge in [-0.25, -0.2) is 0 Å². The highest BCUT2D eigenvalue weighted by molar-refractivity contribution is 5.38. The van der Waals surface area contributed by atoms with Crippen molar-refractivity contribution in [1.82, 2.24) is 0 Å². The van der Waals surface area contributed by atoms with Gasteiger partial charge in [0.2, 0.25) is 0 Å². The van der Waals surface area contributed by atoms with E-state index in [9.17, 15) is 10.2 Å². The van der Waals surface area contributed by atoms with Crippen LogP contribution in [0.25, 0.3) is 0 Å². The Hall–Kier alpha value is -1.12. The lowest BCUT2D eigenvalue weighted by atomic mass is 9.61. The zero-order valence-electron chi connectivity index (χ0n) is 19.9. The maximum atomic E-state index is 10.1. The van der Waals surface area contributed by atoms with E-state index in [1.165, 1.54) is 32.1 Å². The molecule has 3 fully saturated rings. The summed E-state index contributed by atoms with van der Waals surface area (Å²) in [5, 5.41) is 20.2. The zero-order chi connectivity index (χ0) is 22.1. The summed E-state index contributed by atoms with van der Waals surface area (Å²) in [5.41, 5.74) is 3.77. The van der Waals surface area contributed by atoms with Crippen molar-refractivity contribution in [3.8, 4) is 0 Å². The SMILES string of the molecule is C=C1/C(=C/C=C2/CCC[C@]3(C)[C@@H]([C@H](C)/C=C\[C@H](C)C(C)C)CC[C@@H]23)C[C@@H](O)C[C@@H]1O. The van der Waals surface area contributed by atoms with Crippen LogP contribution in [0, 0.1) is 35.0 Å². The standard InChI is InChI=1S/C28H44O2/c1-18(2)19(3)9-10-20(4)25-13-14-26-22(8-7-15-28(25,26)6)11-12-23-16-24(29)17-27(30)21(23)5/h9-12,18-20,24-27,29-30H,5,7-8,13-17H2,1-4,6H3/b10-9-,22-11-,23-12+/t19-,20+,24+,25+,26-,27-,28+/m0/s1. The summed E-state index contributed by atoms with van der Waals surface area (Å²) in [5.74, 6) is 3.38. The molecule has 3 aliphatic rings. The maximum absolute atomic E-state index is 10.1. The lowest BCUT2D eigenvalue weighted by Gasteiger charge is -2.44. The Balaban J connectivity index is 1.76. The maximum Gasteiger partial charge on any atom is 0.0811 e. The van der Waals surface area contributed by atoms with Crippen molar-refractivity contribution in [2.24, 2.45) is 35.0 Å². The molecule has 0 amide bonds. The van der Waals surface area contributed by atoms with Gasteiger partial charge in [-0.2, -0.15) is 0 Å². The molecule has 0 aliphatic heterocycles. The highest BCUT2D eigenvalue weighted by Crippen LogP contribution is 2.59. The largest absolute Gasteiger partial charge is 0.393 e. The quantitative estimate of drug-likeness (QED) is 0.499. The molecule has 3 rings (SSSR count). The molecule has 0 unspecified atom stereocenters. The van der Waals surface area contributed by atoms with Crippen molar-refractivity contribution in [1.29, 1.82) is 0 Å². The number of rotatable bonds is 5. The van der Waals surface area contributed by atoms with Gasteiger partial charge in [0, 0.05) is 6.42 Å². The molecule has 0 aromatic rings. The van der Waals surface area contributed by atoms with E-state index in [4.69, 9.17) is 0 Å². The van der Waals surface area contributed by atoms with Gasteiger partial charge in [0.15, 0.2) is 0 Å². The minimum absolute atomic E-state index is 0.385. The van der Waals surface area contributed by atoms with E-state index in [0.717, 1.165) is 17.1 Å². The van der Waals surface area contributed by atoms with E-state index < -0.39 is 12.2 Å². The molecule has 2 N–H and O–H groups in total. The second kappa shape index (κ2) is 9.57. The van der Waals surface area contributed by atoms with Crippen LogP contribution >= 0.6 is 0 Å². The number of aliphatic hydroxyl groups excluding tert-OH is 2. The first kappa shape index (κ1) is 23.5. The van der Waals surface area contributed by atoms with Crippen LogP contribution in [0.3, 0.4) is 0 Å². The molecule has 2 heteroatoms. The van der Waals surface area contributed by atoms with E-state index >= 15 is 0 Å². The molecule has 0 radical (unpaired) electrons. The van der Waals surface area contributed by atoms with Crippen molar-refractivity contribution >= 4 is 0 Å². The first-order valence-electron chi connectivity index (χ1n) is 12.3. The van der Waals surface area contributed by atoms with Crippen LogP contribution in [0.2, 0.25) is 0 Å². The predicted octanol–water partition coefficient (Wildman–Crippen LogP) is 6.61. The molecule has 0 heterocycles. The summed E-state index contributed by atoms with van der Waals surface area (Å²) in [6.45, 7) is 16.0. The summed E-state index contributed by atoms with van der Waals surface area (Å²) in [6, 6.07) is 0. The Morgan fingerprint density at radius 1 is 1.07 bits per heavy atom. The van der Waals surface area contributed by atoms with Crippen LogP contribution in [0.15, 0.2) is 47.6 Å². The number of allylic oxidation sites excluding steroid dienone is 5. The van der Waals surface area contributed by atoms with Gasteiger partial charge >= 0.3 is 0 Å². The van der Waals surface area contributed by atoms with Crippen molar-refractivity contribution < 1.29 is 10.2 Å². The summed E-state index contributed by atoms with van der Waals surface area (Å²) in [6.07, 6.45) is 15.8. The molecule has 0 aromatic heterocycles. The first-order valence-corrected chi connectivity index (χ1v) is 12.3. The molecular formula is C28H44O2.